The number of halogens is 6. The number of carbonyl (C=O) groups excluding carboxylic acids is 1. The highest BCUT2D eigenvalue weighted by Gasteiger charge is 2.42. The van der Waals surface area contributed by atoms with Crippen LogP contribution in [0.4, 0.5) is 37.7 Å². The maximum absolute atomic E-state index is 13.6. The van der Waals surface area contributed by atoms with E-state index in [1.165, 1.54) is 12.1 Å². The number of tetrazole rings is 1. The number of hydrogen-bond donors (Lipinski definition) is 3. The third-order valence-corrected chi connectivity index (χ3v) is 7.02. The predicted molar refractivity (Wildman–Crippen MR) is 147 cm³/mol. The zero-order valence-corrected chi connectivity index (χ0v) is 23.1. The standard InChI is InChI=1S/C27H25F3N6O.C2HF3O2/c1-26(17-20-6-2-3-9-23(20)27(28,29)30)14-5-15-36(26)25(37)19-7-4-8-22(16-19)31-21-12-10-18(11-13-21)24-32-34-35-33-24;3-2(4,5)1(6)7/h2-4,6-13,16,31H,5,14-15,17H2,1H3,(H,32,33,34,35);(H,6,7). The van der Waals surface area contributed by atoms with Gasteiger partial charge in [0.2, 0.25) is 5.82 Å². The van der Waals surface area contributed by atoms with Crippen LogP contribution in [0.2, 0.25) is 0 Å². The maximum Gasteiger partial charge on any atom is 0.490 e. The van der Waals surface area contributed by atoms with Crippen molar-refractivity contribution in [3.63, 3.8) is 0 Å². The van der Waals surface area contributed by atoms with E-state index in [2.05, 4.69) is 25.9 Å². The van der Waals surface area contributed by atoms with Gasteiger partial charge in [-0.2, -0.15) is 31.6 Å². The van der Waals surface area contributed by atoms with Crippen molar-refractivity contribution in [2.24, 2.45) is 0 Å². The number of amides is 1. The molecule has 4 aromatic rings. The molecule has 2 heterocycles. The Kier molecular flexibility index (Phi) is 9.25. The van der Waals surface area contributed by atoms with E-state index in [-0.39, 0.29) is 17.9 Å². The molecule has 1 amide bonds. The van der Waals surface area contributed by atoms with Crippen LogP contribution in [-0.4, -0.2) is 60.8 Å². The highest BCUT2D eigenvalue weighted by Crippen LogP contribution is 2.38. The number of carboxylic acid groups (broad SMARTS) is 1. The molecule has 1 aliphatic rings. The average molecular weight is 621 g/mol. The van der Waals surface area contributed by atoms with E-state index in [4.69, 9.17) is 9.90 Å². The van der Waals surface area contributed by atoms with Gasteiger partial charge in [0.15, 0.2) is 0 Å². The third kappa shape index (κ3) is 7.71. The molecule has 1 fully saturated rings. The van der Waals surface area contributed by atoms with Crippen molar-refractivity contribution in [3.8, 4) is 11.4 Å². The molecule has 5 rings (SSSR count). The molecule has 3 N–H and O–H groups in total. The summed E-state index contributed by atoms with van der Waals surface area (Å²) < 4.78 is 72.5. The second kappa shape index (κ2) is 12.7. The summed E-state index contributed by atoms with van der Waals surface area (Å²) in [5.41, 5.74) is 1.67. The minimum Gasteiger partial charge on any atom is -0.475 e. The maximum atomic E-state index is 13.6. The van der Waals surface area contributed by atoms with Crippen LogP contribution in [0.15, 0.2) is 72.8 Å². The molecule has 0 saturated carbocycles. The van der Waals surface area contributed by atoms with E-state index in [1.807, 2.05) is 37.3 Å². The number of benzene rings is 3. The summed E-state index contributed by atoms with van der Waals surface area (Å²) in [6.45, 7) is 2.37. The van der Waals surface area contributed by atoms with Crippen molar-refractivity contribution in [2.75, 3.05) is 11.9 Å². The molecule has 0 aliphatic carbocycles. The summed E-state index contributed by atoms with van der Waals surface area (Å²) in [6, 6.07) is 20.2. The van der Waals surface area contributed by atoms with Crippen LogP contribution in [0.25, 0.3) is 11.4 Å². The minimum atomic E-state index is -5.08. The van der Waals surface area contributed by atoms with Gasteiger partial charge >= 0.3 is 18.3 Å². The Hall–Kier alpha value is -4.95. The molecule has 1 aliphatic heterocycles. The van der Waals surface area contributed by atoms with Gasteiger partial charge in [-0.05, 0) is 85.5 Å². The number of alkyl halides is 6. The fourth-order valence-electron chi connectivity index (χ4n) is 4.95. The van der Waals surface area contributed by atoms with Gasteiger partial charge in [-0.3, -0.25) is 4.79 Å². The molecule has 3 aromatic carbocycles. The summed E-state index contributed by atoms with van der Waals surface area (Å²) in [7, 11) is 0. The zero-order valence-electron chi connectivity index (χ0n) is 23.1. The molecule has 0 radical (unpaired) electrons. The first-order chi connectivity index (χ1) is 20.7. The van der Waals surface area contributed by atoms with Crippen LogP contribution in [0.3, 0.4) is 0 Å². The number of rotatable bonds is 6. The van der Waals surface area contributed by atoms with Crippen molar-refractivity contribution in [2.45, 2.75) is 44.1 Å². The van der Waals surface area contributed by atoms with Crippen LogP contribution in [0.1, 0.15) is 41.3 Å². The molecule has 0 spiro atoms. The normalized spacial score (nSPS) is 16.7. The van der Waals surface area contributed by atoms with Gasteiger partial charge in [-0.15, -0.1) is 10.2 Å². The van der Waals surface area contributed by atoms with Crippen molar-refractivity contribution in [1.29, 1.82) is 0 Å². The Morgan fingerprint density at radius 2 is 1.66 bits per heavy atom. The van der Waals surface area contributed by atoms with Crippen LogP contribution in [0, 0.1) is 0 Å². The zero-order chi connectivity index (χ0) is 32.1. The van der Waals surface area contributed by atoms with Crippen molar-refractivity contribution in [3.05, 3.63) is 89.5 Å². The van der Waals surface area contributed by atoms with Crippen LogP contribution >= 0.6 is 0 Å². The summed E-state index contributed by atoms with van der Waals surface area (Å²) in [6.07, 6.45) is -8.01. The van der Waals surface area contributed by atoms with E-state index < -0.39 is 29.4 Å². The Labute approximate surface area is 246 Å². The molecule has 1 atom stereocenters. The molecule has 232 valence electrons. The van der Waals surface area contributed by atoms with Crippen molar-refractivity contribution >= 4 is 23.3 Å². The molecule has 44 heavy (non-hydrogen) atoms. The second-order valence-electron chi connectivity index (χ2n) is 10.2. The number of aromatic nitrogens is 4. The topological polar surface area (TPSA) is 124 Å². The van der Waals surface area contributed by atoms with E-state index in [9.17, 15) is 31.1 Å². The van der Waals surface area contributed by atoms with E-state index >= 15 is 0 Å². The first kappa shape index (κ1) is 32.0. The first-order valence-electron chi connectivity index (χ1n) is 13.2. The Morgan fingerprint density at radius 3 is 2.27 bits per heavy atom. The highest BCUT2D eigenvalue weighted by molar-refractivity contribution is 5.96. The smallest absolute Gasteiger partial charge is 0.475 e. The molecule has 1 unspecified atom stereocenters. The molecular weight excluding hydrogens is 594 g/mol. The summed E-state index contributed by atoms with van der Waals surface area (Å²) in [4.78, 5) is 24.2. The lowest BCUT2D eigenvalue weighted by Gasteiger charge is -2.36. The van der Waals surface area contributed by atoms with Crippen molar-refractivity contribution in [1.82, 2.24) is 25.5 Å². The fourth-order valence-corrected chi connectivity index (χ4v) is 4.95. The molecular formula is C29H26F6N6O3. The molecule has 9 nitrogen and oxygen atoms in total. The van der Waals surface area contributed by atoms with Gasteiger partial charge in [0.25, 0.3) is 5.91 Å². The fraction of sp³-hybridized carbons (Fsp3) is 0.276. The number of nitrogens with one attached hydrogen (secondary N) is 2. The summed E-state index contributed by atoms with van der Waals surface area (Å²) in [5, 5.41) is 24.3. The van der Waals surface area contributed by atoms with Crippen LogP contribution in [-0.2, 0) is 17.4 Å². The molecule has 1 aromatic heterocycles. The first-order valence-corrected chi connectivity index (χ1v) is 13.2. The number of carboxylic acids is 1. The van der Waals surface area contributed by atoms with Gasteiger partial charge in [-0.1, -0.05) is 24.3 Å². The van der Waals surface area contributed by atoms with Crippen molar-refractivity contribution < 1.29 is 41.0 Å². The van der Waals surface area contributed by atoms with Gasteiger partial charge in [-0.25, -0.2) is 4.79 Å². The number of aromatic amines is 1. The molecule has 0 bridgehead atoms. The summed E-state index contributed by atoms with van der Waals surface area (Å²) >= 11 is 0. The minimum absolute atomic E-state index is 0.138. The second-order valence-corrected chi connectivity index (χ2v) is 10.2. The number of H-pyrrole nitrogens is 1. The number of anilines is 2. The summed E-state index contributed by atoms with van der Waals surface area (Å²) in [5.74, 6) is -2.46. The third-order valence-electron chi connectivity index (χ3n) is 7.02. The van der Waals surface area contributed by atoms with E-state index in [1.54, 1.807) is 29.2 Å². The van der Waals surface area contributed by atoms with E-state index in [0.717, 1.165) is 29.4 Å². The molecule has 1 saturated heterocycles. The van der Waals surface area contributed by atoms with Gasteiger partial charge in [0.05, 0.1) is 5.56 Å². The lowest BCUT2D eigenvalue weighted by Crippen LogP contribution is -2.47. The average Bonchev–Trinajstić information content (AvgIpc) is 3.63. The Morgan fingerprint density at radius 1 is 0.977 bits per heavy atom. The Bertz CT molecular complexity index is 1590. The Balaban J connectivity index is 0.000000566. The quantitative estimate of drug-likeness (QED) is 0.210. The number of aliphatic carboxylic acids is 1. The lowest BCUT2D eigenvalue weighted by atomic mass is 9.87. The van der Waals surface area contributed by atoms with Crippen LogP contribution < -0.4 is 5.32 Å². The van der Waals surface area contributed by atoms with Gasteiger partial charge < -0.3 is 15.3 Å². The highest BCUT2D eigenvalue weighted by atomic mass is 19.4. The van der Waals surface area contributed by atoms with Gasteiger partial charge in [0, 0.05) is 34.6 Å². The monoisotopic (exact) mass is 620 g/mol. The van der Waals surface area contributed by atoms with Crippen LogP contribution in [0.5, 0.6) is 0 Å². The largest absolute Gasteiger partial charge is 0.490 e. The van der Waals surface area contributed by atoms with E-state index in [0.29, 0.717) is 24.4 Å². The molecule has 15 heteroatoms. The SMILES string of the molecule is CC1(Cc2ccccc2C(F)(F)F)CCCN1C(=O)c1cccc(Nc2ccc(-c3nn[nH]n3)cc2)c1.O=C(O)C(F)(F)F. The van der Waals surface area contributed by atoms with Gasteiger partial charge in [0.1, 0.15) is 0 Å². The predicted octanol–water partition coefficient (Wildman–Crippen LogP) is 6.50. The number of carbonyl (C=O) groups is 2. The number of nitrogens with zero attached hydrogens (tertiary/aromatic N) is 4. The lowest BCUT2D eigenvalue weighted by molar-refractivity contribution is -0.192. The number of likely N-dealkylation sites (tertiary alicyclic amines) is 1. The number of hydrogen-bond acceptors (Lipinski definition) is 6.